The molecule has 1 amide bonds. The Morgan fingerprint density at radius 1 is 1.15 bits per heavy atom. The fourth-order valence-corrected chi connectivity index (χ4v) is 5.09. The summed E-state index contributed by atoms with van der Waals surface area (Å²) < 4.78 is 0. The maximum absolute atomic E-state index is 12.5. The number of rotatable bonds is 5. The molecule has 3 heterocycles. The van der Waals surface area contributed by atoms with Crippen LogP contribution in [-0.4, -0.2) is 46.9 Å². The molecule has 0 unspecified atom stereocenters. The average Bonchev–Trinajstić information content (AvgIpc) is 3.17. The summed E-state index contributed by atoms with van der Waals surface area (Å²) in [5.74, 6) is 0.336. The number of piperidine rings is 2. The zero-order chi connectivity index (χ0) is 17.8. The second kappa shape index (κ2) is 7.89. The molecule has 2 aromatic rings. The predicted octanol–water partition coefficient (Wildman–Crippen LogP) is 3.59. The lowest BCUT2D eigenvalue weighted by Gasteiger charge is -2.48. The zero-order valence-electron chi connectivity index (χ0n) is 15.3. The summed E-state index contributed by atoms with van der Waals surface area (Å²) >= 11 is 1.67. The highest BCUT2D eigenvalue weighted by molar-refractivity contribution is 7.07. The van der Waals surface area contributed by atoms with Crippen molar-refractivity contribution in [1.82, 2.24) is 14.8 Å². The van der Waals surface area contributed by atoms with Crippen molar-refractivity contribution in [3.8, 4) is 0 Å². The van der Waals surface area contributed by atoms with Crippen LogP contribution in [0.3, 0.4) is 0 Å². The van der Waals surface area contributed by atoms with Crippen molar-refractivity contribution in [2.75, 3.05) is 26.2 Å². The van der Waals surface area contributed by atoms with E-state index in [0.717, 1.165) is 45.6 Å². The number of thiazole rings is 1. The van der Waals surface area contributed by atoms with E-state index >= 15 is 0 Å². The minimum absolute atomic E-state index is 0.277. The number of amides is 1. The SMILES string of the molecule is O=C1CC[C@]2(CCCN(Cc3cscn3)C2)CN1CCc1ccccc1. The van der Waals surface area contributed by atoms with Crippen LogP contribution in [0, 0.1) is 5.41 Å². The summed E-state index contributed by atoms with van der Waals surface area (Å²) in [6.07, 6.45) is 5.17. The zero-order valence-corrected chi connectivity index (χ0v) is 16.1. The molecule has 4 nitrogen and oxygen atoms in total. The molecule has 1 aromatic heterocycles. The second-order valence-electron chi connectivity index (χ2n) is 7.84. The Bertz CT molecular complexity index is 718. The van der Waals surface area contributed by atoms with Crippen LogP contribution in [-0.2, 0) is 17.8 Å². The van der Waals surface area contributed by atoms with E-state index in [-0.39, 0.29) is 5.41 Å². The number of benzene rings is 1. The third-order valence-corrected chi connectivity index (χ3v) is 6.51. The number of carbonyl (C=O) groups is 1. The highest BCUT2D eigenvalue weighted by atomic mass is 32.1. The molecule has 4 rings (SSSR count). The van der Waals surface area contributed by atoms with Crippen LogP contribution in [0.5, 0.6) is 0 Å². The van der Waals surface area contributed by atoms with Crippen LogP contribution in [0.2, 0.25) is 0 Å². The molecule has 1 atom stereocenters. The Morgan fingerprint density at radius 2 is 2.04 bits per heavy atom. The van der Waals surface area contributed by atoms with Gasteiger partial charge in [-0.15, -0.1) is 11.3 Å². The fourth-order valence-electron chi connectivity index (χ4n) is 4.54. The van der Waals surface area contributed by atoms with Gasteiger partial charge in [0.15, 0.2) is 0 Å². The third-order valence-electron chi connectivity index (χ3n) is 5.87. The Morgan fingerprint density at radius 3 is 2.85 bits per heavy atom. The summed E-state index contributed by atoms with van der Waals surface area (Å²) in [5.41, 5.74) is 4.69. The van der Waals surface area contributed by atoms with Crippen LogP contribution in [0.4, 0.5) is 0 Å². The van der Waals surface area contributed by atoms with E-state index in [2.05, 4.69) is 44.4 Å². The van der Waals surface area contributed by atoms with Gasteiger partial charge in [-0.3, -0.25) is 9.69 Å². The Balaban J connectivity index is 1.38. The van der Waals surface area contributed by atoms with Crippen molar-refractivity contribution in [3.05, 3.63) is 52.5 Å². The van der Waals surface area contributed by atoms with Gasteiger partial charge >= 0.3 is 0 Å². The van der Waals surface area contributed by atoms with E-state index in [1.165, 1.54) is 24.1 Å². The number of aromatic nitrogens is 1. The summed E-state index contributed by atoms with van der Waals surface area (Å²) in [6, 6.07) is 10.5. The number of likely N-dealkylation sites (tertiary alicyclic amines) is 2. The number of hydrogen-bond acceptors (Lipinski definition) is 4. The molecule has 1 spiro atoms. The molecule has 5 heteroatoms. The minimum atomic E-state index is 0.277. The van der Waals surface area contributed by atoms with Gasteiger partial charge in [0, 0.05) is 43.4 Å². The third kappa shape index (κ3) is 4.15. The van der Waals surface area contributed by atoms with Crippen LogP contribution in [0.1, 0.15) is 36.9 Å². The van der Waals surface area contributed by atoms with Crippen molar-refractivity contribution in [2.24, 2.45) is 5.41 Å². The van der Waals surface area contributed by atoms with Crippen LogP contribution >= 0.6 is 11.3 Å². The van der Waals surface area contributed by atoms with Gasteiger partial charge in [0.05, 0.1) is 11.2 Å². The average molecular weight is 370 g/mol. The van der Waals surface area contributed by atoms with E-state index in [9.17, 15) is 4.79 Å². The quantitative estimate of drug-likeness (QED) is 0.808. The van der Waals surface area contributed by atoms with Crippen LogP contribution in [0.15, 0.2) is 41.2 Å². The minimum Gasteiger partial charge on any atom is -0.342 e. The lowest BCUT2D eigenvalue weighted by Crippen LogP contribution is -2.54. The molecule has 2 aliphatic heterocycles. The van der Waals surface area contributed by atoms with Crippen molar-refractivity contribution < 1.29 is 4.79 Å². The van der Waals surface area contributed by atoms with Gasteiger partial charge in [0.2, 0.25) is 5.91 Å². The van der Waals surface area contributed by atoms with Gasteiger partial charge in [0.25, 0.3) is 0 Å². The topological polar surface area (TPSA) is 36.4 Å². The standard InChI is InChI=1S/C21H27N3OS/c25-20-7-10-21(16-24(20)12-8-18-5-2-1-3-6-18)9-4-11-23(15-21)13-19-14-26-17-22-19/h1-3,5-6,14,17H,4,7-13,15-16H2/t21-/m0/s1. The lowest BCUT2D eigenvalue weighted by molar-refractivity contribution is -0.139. The van der Waals surface area contributed by atoms with E-state index < -0.39 is 0 Å². The van der Waals surface area contributed by atoms with Crippen molar-refractivity contribution in [2.45, 2.75) is 38.6 Å². The molecule has 2 saturated heterocycles. The van der Waals surface area contributed by atoms with E-state index in [1.807, 2.05) is 11.6 Å². The largest absolute Gasteiger partial charge is 0.342 e. The first-order chi connectivity index (χ1) is 12.7. The summed E-state index contributed by atoms with van der Waals surface area (Å²) in [7, 11) is 0. The predicted molar refractivity (Wildman–Crippen MR) is 105 cm³/mol. The molecule has 0 radical (unpaired) electrons. The maximum atomic E-state index is 12.5. The number of nitrogens with zero attached hydrogens (tertiary/aromatic N) is 3. The lowest BCUT2D eigenvalue weighted by atomic mass is 9.73. The highest BCUT2D eigenvalue weighted by Gasteiger charge is 2.41. The van der Waals surface area contributed by atoms with E-state index in [4.69, 9.17) is 0 Å². The first-order valence-electron chi connectivity index (χ1n) is 9.64. The summed E-state index contributed by atoms with van der Waals surface area (Å²) in [5, 5.41) is 2.15. The fraction of sp³-hybridized carbons (Fsp3) is 0.524. The monoisotopic (exact) mass is 369 g/mol. The number of hydrogen-bond donors (Lipinski definition) is 0. The molecule has 1 aromatic carbocycles. The molecule has 2 fully saturated rings. The van der Waals surface area contributed by atoms with Gasteiger partial charge in [-0.25, -0.2) is 4.98 Å². The van der Waals surface area contributed by atoms with Crippen molar-refractivity contribution in [1.29, 1.82) is 0 Å². The summed E-state index contributed by atoms with van der Waals surface area (Å²) in [6.45, 7) is 4.96. The first-order valence-corrected chi connectivity index (χ1v) is 10.6. The van der Waals surface area contributed by atoms with Crippen molar-refractivity contribution in [3.63, 3.8) is 0 Å². The molecule has 26 heavy (non-hydrogen) atoms. The molecule has 0 saturated carbocycles. The molecule has 2 aliphatic rings. The van der Waals surface area contributed by atoms with Crippen LogP contribution in [0.25, 0.3) is 0 Å². The first kappa shape index (κ1) is 17.7. The van der Waals surface area contributed by atoms with E-state index in [1.54, 1.807) is 11.3 Å². The second-order valence-corrected chi connectivity index (χ2v) is 8.56. The smallest absolute Gasteiger partial charge is 0.222 e. The molecular weight excluding hydrogens is 342 g/mol. The molecule has 0 N–H and O–H groups in total. The van der Waals surface area contributed by atoms with Crippen LogP contribution < -0.4 is 0 Å². The van der Waals surface area contributed by atoms with Crippen molar-refractivity contribution >= 4 is 17.2 Å². The molecule has 0 bridgehead atoms. The Kier molecular flexibility index (Phi) is 5.36. The van der Waals surface area contributed by atoms with Gasteiger partial charge in [-0.05, 0) is 37.8 Å². The molecule has 0 aliphatic carbocycles. The van der Waals surface area contributed by atoms with Gasteiger partial charge in [-0.1, -0.05) is 30.3 Å². The normalized spacial score (nSPS) is 24.3. The van der Waals surface area contributed by atoms with E-state index in [0.29, 0.717) is 12.3 Å². The summed E-state index contributed by atoms with van der Waals surface area (Å²) in [4.78, 5) is 21.6. The van der Waals surface area contributed by atoms with Gasteiger partial charge < -0.3 is 4.90 Å². The van der Waals surface area contributed by atoms with Gasteiger partial charge in [-0.2, -0.15) is 0 Å². The number of carbonyl (C=O) groups excluding carboxylic acids is 1. The molecular formula is C21H27N3OS. The molecule has 138 valence electrons. The Hall–Kier alpha value is -1.72. The Labute approximate surface area is 159 Å². The maximum Gasteiger partial charge on any atom is 0.222 e. The van der Waals surface area contributed by atoms with Gasteiger partial charge in [0.1, 0.15) is 0 Å². The highest BCUT2D eigenvalue weighted by Crippen LogP contribution is 2.39.